The van der Waals surface area contributed by atoms with Crippen LogP contribution in [-0.4, -0.2) is 6.29 Å². The maximum absolute atomic E-state index is 10.8. The Morgan fingerprint density at radius 2 is 2.36 bits per heavy atom. The van der Waals surface area contributed by atoms with Gasteiger partial charge in [0.15, 0.2) is 6.29 Å². The number of anilines is 1. The Balaban J connectivity index is 2.95. The molecule has 0 radical (unpaired) electrons. The number of carbonyl (C=O) groups is 1. The lowest BCUT2D eigenvalue weighted by molar-refractivity contribution is 0.112. The molecule has 2 aromatic rings. The molecule has 0 unspecified atom stereocenters. The molecule has 0 saturated carbocycles. The van der Waals surface area contributed by atoms with Gasteiger partial charge < -0.3 is 5.73 Å². The molecule has 68 valence electrons. The van der Waals surface area contributed by atoms with Crippen molar-refractivity contribution in [3.8, 4) is 6.07 Å². The SMILES string of the molecule is N#Cc1cc(C=O)c2ccsc2c1N. The molecule has 0 amide bonds. The van der Waals surface area contributed by atoms with E-state index in [1.165, 1.54) is 17.4 Å². The number of nitrogens with two attached hydrogens (primary N) is 1. The van der Waals surface area contributed by atoms with Gasteiger partial charge in [-0.2, -0.15) is 5.26 Å². The van der Waals surface area contributed by atoms with Crippen LogP contribution in [0.15, 0.2) is 17.5 Å². The smallest absolute Gasteiger partial charge is 0.150 e. The number of hydrogen-bond donors (Lipinski definition) is 1. The highest BCUT2D eigenvalue weighted by Crippen LogP contribution is 2.31. The predicted molar refractivity (Wildman–Crippen MR) is 56.3 cm³/mol. The molecule has 0 aliphatic heterocycles. The summed E-state index contributed by atoms with van der Waals surface area (Å²) in [5.41, 5.74) is 7.11. The van der Waals surface area contributed by atoms with Crippen molar-refractivity contribution in [2.45, 2.75) is 0 Å². The molecule has 0 saturated heterocycles. The van der Waals surface area contributed by atoms with Gasteiger partial charge in [0.25, 0.3) is 0 Å². The van der Waals surface area contributed by atoms with E-state index in [1.807, 2.05) is 17.5 Å². The predicted octanol–water partition coefficient (Wildman–Crippen LogP) is 2.17. The average molecular weight is 202 g/mol. The van der Waals surface area contributed by atoms with Crippen LogP contribution < -0.4 is 5.73 Å². The Hall–Kier alpha value is -1.86. The normalized spacial score (nSPS) is 9.93. The first kappa shape index (κ1) is 8.73. The molecule has 3 nitrogen and oxygen atoms in total. The summed E-state index contributed by atoms with van der Waals surface area (Å²) < 4.78 is 0.811. The van der Waals surface area contributed by atoms with Crippen molar-refractivity contribution < 1.29 is 4.79 Å². The molecule has 0 atom stereocenters. The zero-order chi connectivity index (χ0) is 10.1. The molecule has 0 bridgehead atoms. The van der Waals surface area contributed by atoms with E-state index in [0.717, 1.165) is 16.4 Å². The molecular weight excluding hydrogens is 196 g/mol. The molecule has 14 heavy (non-hydrogen) atoms. The second-order valence-electron chi connectivity index (χ2n) is 2.82. The number of nitriles is 1. The molecule has 0 fully saturated rings. The number of aldehydes is 1. The van der Waals surface area contributed by atoms with E-state index in [1.54, 1.807) is 0 Å². The Bertz CT molecular complexity index is 551. The van der Waals surface area contributed by atoms with Crippen molar-refractivity contribution in [1.82, 2.24) is 0 Å². The average Bonchev–Trinajstić information content (AvgIpc) is 2.68. The molecule has 0 spiro atoms. The van der Waals surface area contributed by atoms with Crippen LogP contribution in [0.5, 0.6) is 0 Å². The number of nitrogen functional groups attached to an aromatic ring is 1. The molecule has 0 aliphatic rings. The van der Waals surface area contributed by atoms with Gasteiger partial charge in [-0.1, -0.05) is 0 Å². The van der Waals surface area contributed by atoms with E-state index in [-0.39, 0.29) is 0 Å². The summed E-state index contributed by atoms with van der Waals surface area (Å²) in [4.78, 5) is 10.8. The molecule has 1 aromatic heterocycles. The van der Waals surface area contributed by atoms with Crippen molar-refractivity contribution in [2.24, 2.45) is 0 Å². The lowest BCUT2D eigenvalue weighted by atomic mass is 10.1. The highest BCUT2D eigenvalue weighted by atomic mass is 32.1. The van der Waals surface area contributed by atoms with Crippen LogP contribution in [0, 0.1) is 11.3 Å². The molecule has 1 aromatic carbocycles. The molecular formula is C10H6N2OS. The quantitative estimate of drug-likeness (QED) is 0.569. The summed E-state index contributed by atoms with van der Waals surface area (Å²) in [6.07, 6.45) is 0.745. The van der Waals surface area contributed by atoms with Crippen molar-refractivity contribution in [2.75, 3.05) is 5.73 Å². The summed E-state index contributed by atoms with van der Waals surface area (Å²) in [5, 5.41) is 11.5. The monoisotopic (exact) mass is 202 g/mol. The fraction of sp³-hybridized carbons (Fsp3) is 0. The first-order valence-corrected chi connectivity index (χ1v) is 4.81. The minimum Gasteiger partial charge on any atom is -0.396 e. The number of nitrogens with zero attached hydrogens (tertiary/aromatic N) is 1. The van der Waals surface area contributed by atoms with Crippen molar-refractivity contribution >= 4 is 33.4 Å². The number of hydrogen-bond acceptors (Lipinski definition) is 4. The third-order valence-electron chi connectivity index (χ3n) is 2.06. The Labute approximate surface area is 84.4 Å². The van der Waals surface area contributed by atoms with Crippen molar-refractivity contribution in [3.63, 3.8) is 0 Å². The third kappa shape index (κ3) is 1.07. The molecule has 4 heteroatoms. The molecule has 0 aliphatic carbocycles. The van der Waals surface area contributed by atoms with E-state index in [4.69, 9.17) is 11.0 Å². The summed E-state index contributed by atoms with van der Waals surface area (Å²) in [6, 6.07) is 5.33. The first-order chi connectivity index (χ1) is 6.77. The number of fused-ring (bicyclic) bond motifs is 1. The number of carbonyl (C=O) groups excluding carboxylic acids is 1. The molecule has 2 N–H and O–H groups in total. The maximum atomic E-state index is 10.8. The minimum absolute atomic E-state index is 0.363. The Kier molecular flexibility index (Phi) is 1.95. The fourth-order valence-corrected chi connectivity index (χ4v) is 2.26. The highest BCUT2D eigenvalue weighted by molar-refractivity contribution is 7.17. The minimum atomic E-state index is 0.363. The topological polar surface area (TPSA) is 66.9 Å². The van der Waals surface area contributed by atoms with E-state index in [2.05, 4.69) is 0 Å². The number of thiophene rings is 1. The van der Waals surface area contributed by atoms with Crippen LogP contribution >= 0.6 is 11.3 Å². The maximum Gasteiger partial charge on any atom is 0.150 e. The first-order valence-electron chi connectivity index (χ1n) is 3.93. The largest absolute Gasteiger partial charge is 0.396 e. The second-order valence-corrected chi connectivity index (χ2v) is 3.74. The Morgan fingerprint density at radius 1 is 1.57 bits per heavy atom. The van der Waals surface area contributed by atoms with Gasteiger partial charge in [0, 0.05) is 10.9 Å². The molecule has 1 heterocycles. The van der Waals surface area contributed by atoms with Gasteiger partial charge in [0.2, 0.25) is 0 Å². The van der Waals surface area contributed by atoms with Crippen LogP contribution in [0.3, 0.4) is 0 Å². The van der Waals surface area contributed by atoms with E-state index in [9.17, 15) is 4.79 Å². The molecule has 2 rings (SSSR count). The summed E-state index contributed by atoms with van der Waals surface area (Å²) in [5.74, 6) is 0. The summed E-state index contributed by atoms with van der Waals surface area (Å²) >= 11 is 1.44. The van der Waals surface area contributed by atoms with Crippen molar-refractivity contribution in [1.29, 1.82) is 5.26 Å². The van der Waals surface area contributed by atoms with Gasteiger partial charge in [-0.25, -0.2) is 0 Å². The van der Waals surface area contributed by atoms with E-state index in [0.29, 0.717) is 16.8 Å². The lowest BCUT2D eigenvalue weighted by Gasteiger charge is -2.01. The van der Waals surface area contributed by atoms with Crippen LogP contribution in [-0.2, 0) is 0 Å². The number of rotatable bonds is 1. The lowest BCUT2D eigenvalue weighted by Crippen LogP contribution is -1.93. The van der Waals surface area contributed by atoms with E-state index < -0.39 is 0 Å². The second kappa shape index (κ2) is 3.13. The van der Waals surface area contributed by atoms with Crippen LogP contribution in [0.1, 0.15) is 15.9 Å². The third-order valence-corrected chi connectivity index (χ3v) is 3.01. The van der Waals surface area contributed by atoms with Gasteiger partial charge in [-0.05, 0) is 17.5 Å². The van der Waals surface area contributed by atoms with Gasteiger partial charge in [0.05, 0.1) is 16.0 Å². The standard InChI is InChI=1S/C10H6N2OS/c11-4-6-3-7(5-13)8-1-2-14-10(8)9(6)12/h1-3,5H,12H2. The zero-order valence-corrected chi connectivity index (χ0v) is 7.97. The summed E-state index contributed by atoms with van der Waals surface area (Å²) in [7, 11) is 0. The summed E-state index contributed by atoms with van der Waals surface area (Å²) in [6.45, 7) is 0. The highest BCUT2D eigenvalue weighted by Gasteiger charge is 2.09. The fourth-order valence-electron chi connectivity index (χ4n) is 1.37. The van der Waals surface area contributed by atoms with Gasteiger partial charge in [-0.15, -0.1) is 11.3 Å². The van der Waals surface area contributed by atoms with Gasteiger partial charge in [-0.3, -0.25) is 4.79 Å². The van der Waals surface area contributed by atoms with Crippen LogP contribution in [0.2, 0.25) is 0 Å². The van der Waals surface area contributed by atoms with Gasteiger partial charge >= 0.3 is 0 Å². The Morgan fingerprint density at radius 3 is 3.00 bits per heavy atom. The van der Waals surface area contributed by atoms with Crippen LogP contribution in [0.25, 0.3) is 10.1 Å². The van der Waals surface area contributed by atoms with Gasteiger partial charge in [0.1, 0.15) is 6.07 Å². The number of benzene rings is 1. The van der Waals surface area contributed by atoms with Crippen molar-refractivity contribution in [3.05, 3.63) is 28.6 Å². The van der Waals surface area contributed by atoms with E-state index >= 15 is 0 Å². The zero-order valence-electron chi connectivity index (χ0n) is 7.15. The van der Waals surface area contributed by atoms with Crippen LogP contribution in [0.4, 0.5) is 5.69 Å².